The van der Waals surface area contributed by atoms with Crippen LogP contribution in [0.1, 0.15) is 48.6 Å². The van der Waals surface area contributed by atoms with Crippen molar-refractivity contribution in [1.82, 2.24) is 19.6 Å². The Morgan fingerprint density at radius 1 is 1.14 bits per heavy atom. The van der Waals surface area contributed by atoms with Crippen molar-refractivity contribution < 1.29 is 13.2 Å². The van der Waals surface area contributed by atoms with Gasteiger partial charge in [0.1, 0.15) is 5.82 Å². The molecule has 0 amide bonds. The summed E-state index contributed by atoms with van der Waals surface area (Å²) in [7, 11) is 0. The molecule has 5 rings (SSSR count). The SMILES string of the molecule is Cc1nc(Nc2ccc(C(F)(F)F)cc2Cl)n2ncc(C(C3CC3)C3CC3)c2n1. The molecule has 29 heavy (non-hydrogen) atoms. The van der Waals surface area contributed by atoms with Crippen molar-refractivity contribution in [2.75, 3.05) is 5.32 Å². The van der Waals surface area contributed by atoms with Crippen LogP contribution in [0.15, 0.2) is 24.4 Å². The first-order valence-electron chi connectivity index (χ1n) is 9.67. The fourth-order valence-electron chi connectivity index (χ4n) is 4.03. The molecule has 2 heterocycles. The molecule has 0 unspecified atom stereocenters. The molecule has 1 aromatic carbocycles. The second-order valence-corrected chi connectivity index (χ2v) is 8.35. The van der Waals surface area contributed by atoms with Crippen LogP contribution in [-0.2, 0) is 6.18 Å². The lowest BCUT2D eigenvalue weighted by Gasteiger charge is -2.15. The van der Waals surface area contributed by atoms with E-state index in [4.69, 9.17) is 11.6 Å². The average Bonchev–Trinajstić information content (AvgIpc) is 3.56. The van der Waals surface area contributed by atoms with E-state index in [0.717, 1.165) is 23.3 Å². The molecular formula is C20H19ClF3N5. The third-order valence-corrected chi connectivity index (χ3v) is 5.98. The number of benzene rings is 1. The molecule has 2 aliphatic rings. The Morgan fingerprint density at radius 2 is 1.83 bits per heavy atom. The molecule has 0 radical (unpaired) electrons. The number of rotatable bonds is 5. The van der Waals surface area contributed by atoms with E-state index in [1.54, 1.807) is 11.4 Å². The van der Waals surface area contributed by atoms with Gasteiger partial charge in [0.2, 0.25) is 5.95 Å². The van der Waals surface area contributed by atoms with E-state index in [9.17, 15) is 13.2 Å². The van der Waals surface area contributed by atoms with Crippen LogP contribution < -0.4 is 5.32 Å². The normalized spacial score (nSPS) is 17.3. The van der Waals surface area contributed by atoms with Crippen LogP contribution in [0.4, 0.5) is 24.8 Å². The van der Waals surface area contributed by atoms with E-state index in [-0.39, 0.29) is 5.02 Å². The first kappa shape index (κ1) is 18.7. The van der Waals surface area contributed by atoms with E-state index in [1.165, 1.54) is 31.7 Å². The van der Waals surface area contributed by atoms with E-state index in [0.29, 0.717) is 35.2 Å². The number of alkyl halides is 3. The molecule has 2 fully saturated rings. The maximum absolute atomic E-state index is 12.9. The Bertz CT molecular complexity index is 1070. The topological polar surface area (TPSA) is 55.1 Å². The molecule has 2 aliphatic carbocycles. The molecule has 0 saturated heterocycles. The predicted molar refractivity (Wildman–Crippen MR) is 103 cm³/mol. The summed E-state index contributed by atoms with van der Waals surface area (Å²) in [5.74, 6) is 2.82. The smallest absolute Gasteiger partial charge is 0.323 e. The lowest BCUT2D eigenvalue weighted by Crippen LogP contribution is -2.09. The zero-order valence-electron chi connectivity index (χ0n) is 15.7. The predicted octanol–water partition coefficient (Wildman–Crippen LogP) is 5.75. The largest absolute Gasteiger partial charge is 0.416 e. The van der Waals surface area contributed by atoms with Crippen molar-refractivity contribution >= 4 is 28.9 Å². The van der Waals surface area contributed by atoms with Gasteiger partial charge in [0, 0.05) is 5.56 Å². The molecule has 2 saturated carbocycles. The summed E-state index contributed by atoms with van der Waals surface area (Å²) in [6, 6.07) is 3.19. The Morgan fingerprint density at radius 3 is 2.41 bits per heavy atom. The van der Waals surface area contributed by atoms with Gasteiger partial charge in [0.15, 0.2) is 5.65 Å². The van der Waals surface area contributed by atoms with Crippen LogP contribution in [0.2, 0.25) is 5.02 Å². The highest BCUT2D eigenvalue weighted by Gasteiger charge is 2.43. The number of hydrogen-bond donors (Lipinski definition) is 1. The van der Waals surface area contributed by atoms with Crippen molar-refractivity contribution in [2.45, 2.75) is 44.7 Å². The number of aromatic nitrogens is 4. The number of halogens is 4. The van der Waals surface area contributed by atoms with Gasteiger partial charge in [-0.25, -0.2) is 4.98 Å². The molecular weight excluding hydrogens is 403 g/mol. The van der Waals surface area contributed by atoms with Crippen molar-refractivity contribution in [3.8, 4) is 0 Å². The van der Waals surface area contributed by atoms with Gasteiger partial charge >= 0.3 is 6.18 Å². The average molecular weight is 422 g/mol. The van der Waals surface area contributed by atoms with Gasteiger partial charge in [0.25, 0.3) is 0 Å². The summed E-state index contributed by atoms with van der Waals surface area (Å²) in [4.78, 5) is 9.02. The van der Waals surface area contributed by atoms with Crippen LogP contribution in [0, 0.1) is 18.8 Å². The molecule has 152 valence electrons. The molecule has 0 bridgehead atoms. The molecule has 3 aromatic rings. The van der Waals surface area contributed by atoms with E-state index >= 15 is 0 Å². The molecule has 0 atom stereocenters. The molecule has 9 heteroatoms. The van der Waals surface area contributed by atoms with E-state index in [1.807, 2.05) is 6.20 Å². The van der Waals surface area contributed by atoms with Crippen molar-refractivity contribution in [3.05, 3.63) is 46.4 Å². The number of anilines is 2. The van der Waals surface area contributed by atoms with Gasteiger partial charge < -0.3 is 5.32 Å². The molecule has 2 aromatic heterocycles. The van der Waals surface area contributed by atoms with Crippen LogP contribution >= 0.6 is 11.6 Å². The van der Waals surface area contributed by atoms with Gasteiger partial charge in [-0.15, -0.1) is 0 Å². The van der Waals surface area contributed by atoms with Crippen LogP contribution in [0.25, 0.3) is 5.65 Å². The number of fused-ring (bicyclic) bond motifs is 1. The minimum atomic E-state index is -4.45. The van der Waals surface area contributed by atoms with Gasteiger partial charge in [-0.05, 0) is 68.6 Å². The molecule has 5 nitrogen and oxygen atoms in total. The Kier molecular flexibility index (Phi) is 4.24. The van der Waals surface area contributed by atoms with E-state index in [2.05, 4.69) is 20.4 Å². The minimum Gasteiger partial charge on any atom is -0.323 e. The highest BCUT2D eigenvalue weighted by Crippen LogP contribution is 2.55. The van der Waals surface area contributed by atoms with Crippen LogP contribution in [-0.4, -0.2) is 19.6 Å². The maximum atomic E-state index is 12.9. The third-order valence-electron chi connectivity index (χ3n) is 5.67. The number of nitrogens with one attached hydrogen (secondary N) is 1. The molecule has 1 N–H and O–H groups in total. The highest BCUT2D eigenvalue weighted by molar-refractivity contribution is 6.33. The van der Waals surface area contributed by atoms with Gasteiger partial charge in [0.05, 0.1) is 22.5 Å². The van der Waals surface area contributed by atoms with Crippen molar-refractivity contribution in [3.63, 3.8) is 0 Å². The van der Waals surface area contributed by atoms with Gasteiger partial charge in [-0.3, -0.25) is 0 Å². The Labute approximate surface area is 170 Å². The zero-order valence-corrected chi connectivity index (χ0v) is 16.4. The standard InChI is InChI=1S/C20H19ClF3N5/c1-10-26-18-14(17(11-2-3-11)12-4-5-12)9-25-29(18)19(27-10)28-16-7-6-13(8-15(16)21)20(22,23)24/h6-9,11-12,17H,2-5H2,1H3,(H,26,27,28). The Balaban J connectivity index is 1.53. The second-order valence-electron chi connectivity index (χ2n) is 7.95. The van der Waals surface area contributed by atoms with Crippen LogP contribution in [0.5, 0.6) is 0 Å². The fourth-order valence-corrected chi connectivity index (χ4v) is 4.26. The Hall–Kier alpha value is -2.35. The number of aryl methyl sites for hydroxylation is 1. The summed E-state index contributed by atoms with van der Waals surface area (Å²) >= 11 is 6.10. The summed E-state index contributed by atoms with van der Waals surface area (Å²) in [6.07, 6.45) is 2.40. The van der Waals surface area contributed by atoms with Crippen molar-refractivity contribution in [2.24, 2.45) is 11.8 Å². The lowest BCUT2D eigenvalue weighted by atomic mass is 9.91. The molecule has 0 aliphatic heterocycles. The quantitative estimate of drug-likeness (QED) is 0.569. The van der Waals surface area contributed by atoms with Crippen LogP contribution in [0.3, 0.4) is 0 Å². The summed E-state index contributed by atoms with van der Waals surface area (Å²) in [6.45, 7) is 1.79. The fraction of sp³-hybridized carbons (Fsp3) is 0.450. The first-order valence-corrected chi connectivity index (χ1v) is 10.0. The first-order chi connectivity index (χ1) is 13.8. The summed E-state index contributed by atoms with van der Waals surface area (Å²) < 4.78 is 40.3. The summed E-state index contributed by atoms with van der Waals surface area (Å²) in [5, 5.41) is 7.48. The summed E-state index contributed by atoms with van der Waals surface area (Å²) in [5.41, 5.74) is 1.43. The zero-order chi connectivity index (χ0) is 20.3. The maximum Gasteiger partial charge on any atom is 0.416 e. The second kappa shape index (κ2) is 6.58. The third kappa shape index (κ3) is 3.54. The number of hydrogen-bond acceptors (Lipinski definition) is 4. The highest BCUT2D eigenvalue weighted by atomic mass is 35.5. The van der Waals surface area contributed by atoms with Gasteiger partial charge in [-0.2, -0.15) is 27.8 Å². The monoisotopic (exact) mass is 421 g/mol. The lowest BCUT2D eigenvalue weighted by molar-refractivity contribution is -0.137. The van der Waals surface area contributed by atoms with E-state index < -0.39 is 11.7 Å². The molecule has 0 spiro atoms. The van der Waals surface area contributed by atoms with Gasteiger partial charge in [-0.1, -0.05) is 11.6 Å². The minimum absolute atomic E-state index is 0.0366. The van der Waals surface area contributed by atoms with Crippen molar-refractivity contribution in [1.29, 1.82) is 0 Å². The number of nitrogens with zero attached hydrogens (tertiary/aromatic N) is 4.